The van der Waals surface area contributed by atoms with Crippen molar-refractivity contribution in [3.05, 3.63) is 47.7 Å². The van der Waals surface area contributed by atoms with Gasteiger partial charge < -0.3 is 9.84 Å². The molecule has 0 aliphatic rings. The summed E-state index contributed by atoms with van der Waals surface area (Å²) in [5.74, 6) is -1.02. The Morgan fingerprint density at radius 3 is 2.50 bits per heavy atom. The molecule has 0 spiro atoms. The first-order valence-electron chi connectivity index (χ1n) is 5.71. The SMILES string of the molecule is CC(=CCc1ccccc1)OC(=O)CCC(=O)O. The van der Waals surface area contributed by atoms with E-state index in [4.69, 9.17) is 9.84 Å². The standard InChI is InChI=1S/C14H16O4/c1-11(18-14(17)10-9-13(15)16)7-8-12-5-3-2-4-6-12/h2-7H,8-10H2,1H3,(H,15,16). The second-order valence-electron chi connectivity index (χ2n) is 3.87. The summed E-state index contributed by atoms with van der Waals surface area (Å²) >= 11 is 0. The predicted octanol–water partition coefficient (Wildman–Crippen LogP) is 2.54. The Balaban J connectivity index is 2.38. The van der Waals surface area contributed by atoms with Gasteiger partial charge in [-0.1, -0.05) is 30.3 Å². The van der Waals surface area contributed by atoms with Gasteiger partial charge in [-0.3, -0.25) is 9.59 Å². The number of allylic oxidation sites excluding steroid dienone is 2. The number of rotatable bonds is 6. The molecule has 0 atom stereocenters. The van der Waals surface area contributed by atoms with Gasteiger partial charge in [0, 0.05) is 0 Å². The summed E-state index contributed by atoms with van der Waals surface area (Å²) < 4.78 is 4.98. The smallest absolute Gasteiger partial charge is 0.311 e. The maximum Gasteiger partial charge on any atom is 0.311 e. The van der Waals surface area contributed by atoms with Crippen LogP contribution in [0.5, 0.6) is 0 Å². The average Bonchev–Trinajstić information content (AvgIpc) is 2.35. The summed E-state index contributed by atoms with van der Waals surface area (Å²) in [6, 6.07) is 9.78. The lowest BCUT2D eigenvalue weighted by Crippen LogP contribution is -2.06. The van der Waals surface area contributed by atoms with Crippen LogP contribution in [-0.4, -0.2) is 17.0 Å². The lowest BCUT2D eigenvalue weighted by atomic mass is 10.1. The Morgan fingerprint density at radius 2 is 1.89 bits per heavy atom. The molecule has 1 aromatic rings. The number of carboxylic acid groups (broad SMARTS) is 1. The highest BCUT2D eigenvalue weighted by atomic mass is 16.5. The number of hydrogen-bond donors (Lipinski definition) is 1. The second-order valence-corrected chi connectivity index (χ2v) is 3.87. The van der Waals surface area contributed by atoms with Gasteiger partial charge in [0.15, 0.2) is 0 Å². The van der Waals surface area contributed by atoms with Gasteiger partial charge in [0.25, 0.3) is 0 Å². The van der Waals surface area contributed by atoms with Crippen LogP contribution in [0.25, 0.3) is 0 Å². The van der Waals surface area contributed by atoms with Crippen LogP contribution in [0, 0.1) is 0 Å². The molecule has 0 heterocycles. The van der Waals surface area contributed by atoms with Crippen LogP contribution in [-0.2, 0) is 20.7 Å². The lowest BCUT2D eigenvalue weighted by Gasteiger charge is -2.03. The van der Waals surface area contributed by atoms with E-state index < -0.39 is 11.9 Å². The maximum atomic E-state index is 11.2. The summed E-state index contributed by atoms with van der Waals surface area (Å²) in [5, 5.41) is 8.43. The third-order valence-corrected chi connectivity index (χ3v) is 2.29. The number of carboxylic acids is 1. The fourth-order valence-corrected chi connectivity index (χ4v) is 1.36. The first-order chi connectivity index (χ1) is 8.58. The highest BCUT2D eigenvalue weighted by molar-refractivity contribution is 5.77. The molecule has 1 N–H and O–H groups in total. The van der Waals surface area contributed by atoms with Crippen LogP contribution in [0.4, 0.5) is 0 Å². The number of ether oxygens (including phenoxy) is 1. The topological polar surface area (TPSA) is 63.6 Å². The van der Waals surface area contributed by atoms with E-state index in [2.05, 4.69) is 0 Å². The highest BCUT2D eigenvalue weighted by Gasteiger charge is 2.07. The lowest BCUT2D eigenvalue weighted by molar-refractivity contribution is -0.144. The summed E-state index contributed by atoms with van der Waals surface area (Å²) in [6.07, 6.45) is 2.17. The van der Waals surface area contributed by atoms with Crippen molar-refractivity contribution in [3.8, 4) is 0 Å². The average molecular weight is 248 g/mol. The van der Waals surface area contributed by atoms with Crippen molar-refractivity contribution >= 4 is 11.9 Å². The summed E-state index contributed by atoms with van der Waals surface area (Å²) in [4.78, 5) is 21.5. The van der Waals surface area contributed by atoms with E-state index in [0.717, 1.165) is 5.56 Å². The number of benzene rings is 1. The maximum absolute atomic E-state index is 11.2. The van der Waals surface area contributed by atoms with Crippen LogP contribution >= 0.6 is 0 Å². The molecule has 0 saturated heterocycles. The van der Waals surface area contributed by atoms with Crippen LogP contribution in [0.3, 0.4) is 0 Å². The van der Waals surface area contributed by atoms with Gasteiger partial charge in [0.1, 0.15) is 5.76 Å². The second kappa shape index (κ2) is 7.27. The molecule has 0 radical (unpaired) electrons. The van der Waals surface area contributed by atoms with E-state index in [0.29, 0.717) is 12.2 Å². The molecule has 4 heteroatoms. The third kappa shape index (κ3) is 5.84. The van der Waals surface area contributed by atoms with Crippen molar-refractivity contribution in [1.82, 2.24) is 0 Å². The van der Waals surface area contributed by atoms with Gasteiger partial charge in [-0.15, -0.1) is 0 Å². The zero-order valence-electron chi connectivity index (χ0n) is 10.3. The van der Waals surface area contributed by atoms with Gasteiger partial charge in [-0.2, -0.15) is 0 Å². The van der Waals surface area contributed by atoms with E-state index in [-0.39, 0.29) is 12.8 Å². The Morgan fingerprint density at radius 1 is 1.22 bits per heavy atom. The molecule has 0 saturated carbocycles. The largest absolute Gasteiger partial charge is 0.481 e. The van der Waals surface area contributed by atoms with Gasteiger partial charge in [-0.25, -0.2) is 0 Å². The molecule has 0 fully saturated rings. The minimum Gasteiger partial charge on any atom is -0.481 e. The fraction of sp³-hybridized carbons (Fsp3) is 0.286. The first-order valence-corrected chi connectivity index (χ1v) is 5.71. The molecule has 0 aromatic heterocycles. The van der Waals surface area contributed by atoms with Crippen molar-refractivity contribution in [2.24, 2.45) is 0 Å². The number of aliphatic carboxylic acids is 1. The van der Waals surface area contributed by atoms with Gasteiger partial charge >= 0.3 is 11.9 Å². The molecule has 0 amide bonds. The number of esters is 1. The molecule has 18 heavy (non-hydrogen) atoms. The van der Waals surface area contributed by atoms with Gasteiger partial charge in [-0.05, 0) is 25.0 Å². The monoisotopic (exact) mass is 248 g/mol. The van der Waals surface area contributed by atoms with Crippen molar-refractivity contribution in [3.63, 3.8) is 0 Å². The minimum absolute atomic E-state index is 0.105. The zero-order valence-corrected chi connectivity index (χ0v) is 10.3. The van der Waals surface area contributed by atoms with Gasteiger partial charge in [0.05, 0.1) is 12.8 Å². The molecule has 1 aromatic carbocycles. The summed E-state index contributed by atoms with van der Waals surface area (Å²) in [7, 11) is 0. The Kier molecular flexibility index (Phi) is 5.64. The summed E-state index contributed by atoms with van der Waals surface area (Å²) in [6.45, 7) is 1.68. The third-order valence-electron chi connectivity index (χ3n) is 2.29. The fourth-order valence-electron chi connectivity index (χ4n) is 1.36. The van der Waals surface area contributed by atoms with E-state index in [9.17, 15) is 9.59 Å². The molecule has 0 unspecified atom stereocenters. The Hall–Kier alpha value is -2.10. The van der Waals surface area contributed by atoms with Crippen molar-refractivity contribution in [2.45, 2.75) is 26.2 Å². The molecule has 96 valence electrons. The molecular formula is C14H16O4. The van der Waals surface area contributed by atoms with Gasteiger partial charge in [0.2, 0.25) is 0 Å². The molecule has 4 nitrogen and oxygen atoms in total. The minimum atomic E-state index is -1.00. The highest BCUT2D eigenvalue weighted by Crippen LogP contribution is 2.05. The van der Waals surface area contributed by atoms with Crippen molar-refractivity contribution < 1.29 is 19.4 Å². The van der Waals surface area contributed by atoms with Crippen molar-refractivity contribution in [2.75, 3.05) is 0 Å². The van der Waals surface area contributed by atoms with E-state index in [1.165, 1.54) is 0 Å². The van der Waals surface area contributed by atoms with Crippen LogP contribution in [0.15, 0.2) is 42.2 Å². The predicted molar refractivity (Wildman–Crippen MR) is 66.9 cm³/mol. The number of carbonyl (C=O) groups is 2. The Labute approximate surface area is 106 Å². The van der Waals surface area contributed by atoms with E-state index in [1.807, 2.05) is 30.3 Å². The van der Waals surface area contributed by atoms with Crippen LogP contribution < -0.4 is 0 Å². The molecule has 0 aliphatic heterocycles. The van der Waals surface area contributed by atoms with E-state index in [1.54, 1.807) is 13.0 Å². The zero-order chi connectivity index (χ0) is 13.4. The molecule has 0 bridgehead atoms. The van der Waals surface area contributed by atoms with Crippen molar-refractivity contribution in [1.29, 1.82) is 0 Å². The molecule has 1 rings (SSSR count). The first kappa shape index (κ1) is 14.0. The number of carbonyl (C=O) groups excluding carboxylic acids is 1. The van der Waals surface area contributed by atoms with Crippen LogP contribution in [0.1, 0.15) is 25.3 Å². The quantitative estimate of drug-likeness (QED) is 0.620. The van der Waals surface area contributed by atoms with Crippen LogP contribution in [0.2, 0.25) is 0 Å². The van der Waals surface area contributed by atoms with E-state index >= 15 is 0 Å². The molecular weight excluding hydrogens is 232 g/mol. The normalized spacial score (nSPS) is 11.1. The molecule has 0 aliphatic carbocycles. The Bertz CT molecular complexity index is 434. The number of hydrogen-bond acceptors (Lipinski definition) is 3. The summed E-state index contributed by atoms with van der Waals surface area (Å²) in [5.41, 5.74) is 1.12.